The van der Waals surface area contributed by atoms with Crippen LogP contribution in [0.15, 0.2) is 42.5 Å². The van der Waals surface area contributed by atoms with Crippen molar-refractivity contribution in [2.75, 3.05) is 14.2 Å². The van der Waals surface area contributed by atoms with Crippen molar-refractivity contribution in [3.63, 3.8) is 0 Å². The lowest BCUT2D eigenvalue weighted by Gasteiger charge is -2.09. The fourth-order valence-corrected chi connectivity index (χ4v) is 2.57. The summed E-state index contributed by atoms with van der Waals surface area (Å²) < 4.78 is 10.5. The van der Waals surface area contributed by atoms with Crippen LogP contribution in [-0.4, -0.2) is 30.3 Å². The third kappa shape index (κ3) is 2.16. The van der Waals surface area contributed by atoms with E-state index >= 15 is 0 Å². The Morgan fingerprint density at radius 1 is 1.05 bits per heavy atom. The van der Waals surface area contributed by atoms with Crippen LogP contribution in [0, 0.1) is 0 Å². The Kier molecular flexibility index (Phi) is 3.47. The van der Waals surface area contributed by atoms with E-state index in [2.05, 4.69) is 4.98 Å². The number of H-pyrrole nitrogens is 1. The number of aromatic nitrogens is 1. The molecule has 0 unspecified atom stereocenters. The molecule has 0 radical (unpaired) electrons. The number of hydrogen-bond donors (Lipinski definition) is 2. The van der Waals surface area contributed by atoms with Gasteiger partial charge in [-0.3, -0.25) is 0 Å². The molecule has 0 atom stereocenters. The molecule has 112 valence electrons. The first-order valence-corrected chi connectivity index (χ1v) is 6.72. The quantitative estimate of drug-likeness (QED) is 0.772. The van der Waals surface area contributed by atoms with E-state index in [9.17, 15) is 9.90 Å². The van der Waals surface area contributed by atoms with Crippen LogP contribution in [0.4, 0.5) is 0 Å². The molecule has 5 nitrogen and oxygen atoms in total. The summed E-state index contributed by atoms with van der Waals surface area (Å²) in [6.07, 6.45) is 0. The van der Waals surface area contributed by atoms with Gasteiger partial charge >= 0.3 is 5.97 Å². The summed E-state index contributed by atoms with van der Waals surface area (Å²) in [6, 6.07) is 12.6. The van der Waals surface area contributed by atoms with Crippen LogP contribution in [0.1, 0.15) is 10.4 Å². The SMILES string of the molecule is COc1ccc(-c2[nH]c3ccccc3c2C(=O)O)cc1OC. The van der Waals surface area contributed by atoms with Crippen LogP contribution >= 0.6 is 0 Å². The molecule has 3 rings (SSSR count). The fraction of sp³-hybridized carbons (Fsp3) is 0.118. The molecule has 1 heterocycles. The number of hydrogen-bond acceptors (Lipinski definition) is 3. The van der Waals surface area contributed by atoms with Crippen molar-refractivity contribution in [1.29, 1.82) is 0 Å². The van der Waals surface area contributed by atoms with E-state index in [1.54, 1.807) is 38.5 Å². The van der Waals surface area contributed by atoms with Gasteiger partial charge in [0.1, 0.15) is 0 Å². The first-order valence-electron chi connectivity index (χ1n) is 6.72. The van der Waals surface area contributed by atoms with E-state index in [0.29, 0.717) is 22.6 Å². The van der Waals surface area contributed by atoms with Crippen molar-refractivity contribution in [2.45, 2.75) is 0 Å². The van der Waals surface area contributed by atoms with Crippen LogP contribution in [-0.2, 0) is 0 Å². The number of ether oxygens (including phenoxy) is 2. The van der Waals surface area contributed by atoms with Gasteiger partial charge in [0.25, 0.3) is 0 Å². The number of para-hydroxylation sites is 1. The first-order chi connectivity index (χ1) is 10.7. The van der Waals surface area contributed by atoms with E-state index in [-0.39, 0.29) is 5.56 Å². The zero-order chi connectivity index (χ0) is 15.7. The maximum Gasteiger partial charge on any atom is 0.338 e. The van der Waals surface area contributed by atoms with Gasteiger partial charge < -0.3 is 19.6 Å². The number of aromatic carboxylic acids is 1. The molecule has 0 amide bonds. The van der Waals surface area contributed by atoms with Crippen molar-refractivity contribution in [1.82, 2.24) is 4.98 Å². The van der Waals surface area contributed by atoms with Gasteiger partial charge in [-0.25, -0.2) is 4.79 Å². The van der Waals surface area contributed by atoms with E-state index in [1.807, 2.05) is 18.2 Å². The topological polar surface area (TPSA) is 71.6 Å². The molecule has 5 heteroatoms. The third-order valence-corrected chi connectivity index (χ3v) is 3.59. The monoisotopic (exact) mass is 297 g/mol. The maximum absolute atomic E-state index is 11.7. The van der Waals surface area contributed by atoms with Gasteiger partial charge in [0, 0.05) is 16.5 Å². The average molecular weight is 297 g/mol. The molecule has 2 aromatic carbocycles. The highest BCUT2D eigenvalue weighted by Crippen LogP contribution is 2.35. The Balaban J connectivity index is 2.26. The Bertz CT molecular complexity index is 851. The summed E-state index contributed by atoms with van der Waals surface area (Å²) in [6.45, 7) is 0. The smallest absolute Gasteiger partial charge is 0.338 e. The minimum Gasteiger partial charge on any atom is -0.493 e. The highest BCUT2D eigenvalue weighted by molar-refractivity contribution is 6.09. The van der Waals surface area contributed by atoms with Crippen LogP contribution in [0.2, 0.25) is 0 Å². The first kappa shape index (κ1) is 14.0. The number of carbonyl (C=O) groups is 1. The molecule has 2 N–H and O–H groups in total. The van der Waals surface area contributed by atoms with Crippen molar-refractivity contribution >= 4 is 16.9 Å². The Morgan fingerprint density at radius 2 is 1.77 bits per heavy atom. The minimum absolute atomic E-state index is 0.253. The summed E-state index contributed by atoms with van der Waals surface area (Å²) in [5.41, 5.74) is 2.31. The summed E-state index contributed by atoms with van der Waals surface area (Å²) in [5.74, 6) is 0.177. The summed E-state index contributed by atoms with van der Waals surface area (Å²) in [4.78, 5) is 14.8. The van der Waals surface area contributed by atoms with Crippen LogP contribution in [0.25, 0.3) is 22.2 Å². The van der Waals surface area contributed by atoms with Crippen LogP contribution < -0.4 is 9.47 Å². The molecule has 0 fully saturated rings. The molecule has 0 aliphatic rings. The average Bonchev–Trinajstić information content (AvgIpc) is 2.93. The van der Waals surface area contributed by atoms with Crippen molar-refractivity contribution in [3.05, 3.63) is 48.0 Å². The Morgan fingerprint density at radius 3 is 2.45 bits per heavy atom. The second-order valence-corrected chi connectivity index (χ2v) is 4.80. The second-order valence-electron chi connectivity index (χ2n) is 4.80. The molecule has 1 aromatic heterocycles. The summed E-state index contributed by atoms with van der Waals surface area (Å²) in [5, 5.41) is 10.2. The third-order valence-electron chi connectivity index (χ3n) is 3.59. The fourth-order valence-electron chi connectivity index (χ4n) is 2.57. The van der Waals surface area contributed by atoms with Gasteiger partial charge in [0.15, 0.2) is 11.5 Å². The molecule has 0 saturated carbocycles. The molecule has 0 spiro atoms. The summed E-state index contributed by atoms with van der Waals surface area (Å²) in [7, 11) is 3.11. The molecule has 0 aliphatic carbocycles. The van der Waals surface area contributed by atoms with Crippen molar-refractivity contribution in [3.8, 4) is 22.8 Å². The van der Waals surface area contributed by atoms with E-state index in [4.69, 9.17) is 9.47 Å². The van der Waals surface area contributed by atoms with Gasteiger partial charge in [0.05, 0.1) is 25.5 Å². The molecule has 3 aromatic rings. The molecular formula is C17H15NO4. The lowest BCUT2D eigenvalue weighted by molar-refractivity contribution is 0.0700. The number of carboxylic acid groups (broad SMARTS) is 1. The lowest BCUT2D eigenvalue weighted by Crippen LogP contribution is -1.98. The van der Waals surface area contributed by atoms with Crippen molar-refractivity contribution < 1.29 is 19.4 Å². The number of methoxy groups -OCH3 is 2. The van der Waals surface area contributed by atoms with Gasteiger partial charge in [-0.2, -0.15) is 0 Å². The van der Waals surface area contributed by atoms with Crippen LogP contribution in [0.5, 0.6) is 11.5 Å². The Labute approximate surface area is 127 Å². The zero-order valence-electron chi connectivity index (χ0n) is 12.2. The number of rotatable bonds is 4. The normalized spacial score (nSPS) is 10.6. The van der Waals surface area contributed by atoms with E-state index in [1.165, 1.54) is 0 Å². The highest BCUT2D eigenvalue weighted by Gasteiger charge is 2.19. The lowest BCUT2D eigenvalue weighted by atomic mass is 10.0. The molecule has 0 bridgehead atoms. The van der Waals surface area contributed by atoms with Gasteiger partial charge in [-0.15, -0.1) is 0 Å². The second kappa shape index (κ2) is 5.44. The summed E-state index contributed by atoms with van der Waals surface area (Å²) >= 11 is 0. The van der Waals surface area contributed by atoms with E-state index in [0.717, 1.165) is 11.1 Å². The predicted octanol–water partition coefficient (Wildman–Crippen LogP) is 3.55. The standard InChI is InChI=1S/C17H15NO4/c1-21-13-8-7-10(9-14(13)22-2)16-15(17(19)20)11-5-3-4-6-12(11)18-16/h3-9,18H,1-2H3,(H,19,20). The number of carboxylic acids is 1. The largest absolute Gasteiger partial charge is 0.493 e. The van der Waals surface area contributed by atoms with Gasteiger partial charge in [-0.1, -0.05) is 18.2 Å². The van der Waals surface area contributed by atoms with Crippen molar-refractivity contribution in [2.24, 2.45) is 0 Å². The highest BCUT2D eigenvalue weighted by atomic mass is 16.5. The number of fused-ring (bicyclic) bond motifs is 1. The van der Waals surface area contributed by atoms with Gasteiger partial charge in [-0.05, 0) is 24.3 Å². The zero-order valence-corrected chi connectivity index (χ0v) is 12.2. The number of aromatic amines is 1. The maximum atomic E-state index is 11.7. The predicted molar refractivity (Wildman–Crippen MR) is 83.8 cm³/mol. The Hall–Kier alpha value is -2.95. The number of benzene rings is 2. The minimum atomic E-state index is -0.970. The molecule has 22 heavy (non-hydrogen) atoms. The molecular weight excluding hydrogens is 282 g/mol. The number of nitrogens with one attached hydrogen (secondary N) is 1. The molecule has 0 saturated heterocycles. The van der Waals surface area contributed by atoms with E-state index < -0.39 is 5.97 Å². The van der Waals surface area contributed by atoms with Crippen LogP contribution in [0.3, 0.4) is 0 Å². The van der Waals surface area contributed by atoms with Gasteiger partial charge in [0.2, 0.25) is 0 Å². The molecule has 0 aliphatic heterocycles.